The topological polar surface area (TPSA) is 86.0 Å². The summed E-state index contributed by atoms with van der Waals surface area (Å²) in [5, 5.41) is 0. The summed E-state index contributed by atoms with van der Waals surface area (Å²) in [6.45, 7) is 2.87. The molecule has 2 aromatic heterocycles. The Bertz CT molecular complexity index is 493. The lowest BCUT2D eigenvalue weighted by Gasteiger charge is -2.08. The van der Waals surface area contributed by atoms with Gasteiger partial charge in [0, 0.05) is 19.7 Å². The van der Waals surface area contributed by atoms with Crippen molar-refractivity contribution in [2.45, 2.75) is 13.0 Å². The zero-order valence-electron chi connectivity index (χ0n) is 9.93. The van der Waals surface area contributed by atoms with Crippen molar-refractivity contribution in [3.8, 4) is 5.88 Å². The second-order valence-electron chi connectivity index (χ2n) is 3.54. The number of methoxy groups -OCH3 is 1. The van der Waals surface area contributed by atoms with Crippen molar-refractivity contribution in [1.82, 2.24) is 15.0 Å². The Morgan fingerprint density at radius 3 is 2.88 bits per heavy atom. The molecule has 0 saturated heterocycles. The predicted octanol–water partition coefficient (Wildman–Crippen LogP) is 1.00. The summed E-state index contributed by atoms with van der Waals surface area (Å²) < 4.78 is 10.5. The molecule has 2 heterocycles. The van der Waals surface area contributed by atoms with Crippen molar-refractivity contribution < 1.29 is 9.47 Å². The number of hydrogen-bond donors (Lipinski definition) is 2. The van der Waals surface area contributed by atoms with Crippen LogP contribution in [0.1, 0.15) is 18.9 Å². The zero-order chi connectivity index (χ0) is 12.3. The van der Waals surface area contributed by atoms with Crippen LogP contribution in [0.4, 0.5) is 0 Å². The maximum Gasteiger partial charge on any atom is 0.215 e. The fraction of sp³-hybridized carbons (Fsp3) is 0.455. The monoisotopic (exact) mass is 236 g/mol. The van der Waals surface area contributed by atoms with Crippen molar-refractivity contribution >= 4 is 11.2 Å². The number of nitrogens with two attached hydrogens (primary N) is 1. The van der Waals surface area contributed by atoms with Crippen molar-refractivity contribution in [3.63, 3.8) is 0 Å². The first kappa shape index (κ1) is 11.8. The molecule has 0 aromatic carbocycles. The Hall–Kier alpha value is -1.66. The van der Waals surface area contributed by atoms with Crippen LogP contribution in [0.15, 0.2) is 12.1 Å². The van der Waals surface area contributed by atoms with E-state index in [0.717, 1.165) is 5.52 Å². The predicted molar refractivity (Wildman–Crippen MR) is 63.9 cm³/mol. The van der Waals surface area contributed by atoms with E-state index >= 15 is 0 Å². The summed E-state index contributed by atoms with van der Waals surface area (Å²) in [7, 11) is 1.60. The highest BCUT2D eigenvalue weighted by Gasteiger charge is 2.14. The molecule has 6 heteroatoms. The zero-order valence-corrected chi connectivity index (χ0v) is 9.93. The van der Waals surface area contributed by atoms with E-state index in [1.54, 1.807) is 13.2 Å². The molecule has 0 aliphatic heterocycles. The van der Waals surface area contributed by atoms with Gasteiger partial charge in [-0.1, -0.05) is 0 Å². The standard InChI is InChI=1S/C11H16N4O2/c1-3-17-9-5-4-7-10(14-9)15-11(13-7)8(6-12)16-2/h4-5,8H,3,6,12H2,1-2H3,(H,13,14,15). The van der Waals surface area contributed by atoms with Gasteiger partial charge >= 0.3 is 0 Å². The largest absolute Gasteiger partial charge is 0.478 e. The molecule has 1 unspecified atom stereocenters. The molecule has 3 N–H and O–H groups in total. The summed E-state index contributed by atoms with van der Waals surface area (Å²) in [5.41, 5.74) is 7.04. The molecule has 0 aliphatic rings. The van der Waals surface area contributed by atoms with Crippen LogP contribution in [0.25, 0.3) is 11.2 Å². The Morgan fingerprint density at radius 1 is 1.41 bits per heavy atom. The Labute approximate surface area is 99.2 Å². The van der Waals surface area contributed by atoms with Crippen molar-refractivity contribution in [2.75, 3.05) is 20.3 Å². The fourth-order valence-corrected chi connectivity index (χ4v) is 1.59. The summed E-state index contributed by atoms with van der Waals surface area (Å²) in [5.74, 6) is 1.26. The third-order valence-corrected chi connectivity index (χ3v) is 2.43. The van der Waals surface area contributed by atoms with E-state index in [4.69, 9.17) is 15.2 Å². The quantitative estimate of drug-likeness (QED) is 0.808. The number of nitrogens with zero attached hydrogens (tertiary/aromatic N) is 2. The van der Waals surface area contributed by atoms with Crippen molar-refractivity contribution in [2.24, 2.45) is 5.73 Å². The molecule has 0 bridgehead atoms. The van der Waals surface area contributed by atoms with Crippen molar-refractivity contribution in [3.05, 3.63) is 18.0 Å². The third kappa shape index (κ3) is 2.37. The molecule has 1 atom stereocenters. The molecule has 0 aliphatic carbocycles. The lowest BCUT2D eigenvalue weighted by Crippen LogP contribution is -2.15. The van der Waals surface area contributed by atoms with E-state index in [2.05, 4.69) is 15.0 Å². The minimum atomic E-state index is -0.236. The molecule has 0 fully saturated rings. The van der Waals surface area contributed by atoms with Gasteiger partial charge in [0.25, 0.3) is 0 Å². The van der Waals surface area contributed by atoms with E-state index in [1.807, 2.05) is 13.0 Å². The number of rotatable bonds is 5. The van der Waals surface area contributed by atoms with E-state index in [0.29, 0.717) is 30.5 Å². The average Bonchev–Trinajstić information content (AvgIpc) is 2.74. The number of hydrogen-bond acceptors (Lipinski definition) is 5. The first-order valence-electron chi connectivity index (χ1n) is 5.50. The number of imidazole rings is 1. The molecular weight excluding hydrogens is 220 g/mol. The number of ether oxygens (including phenoxy) is 2. The van der Waals surface area contributed by atoms with Crippen LogP contribution in [0, 0.1) is 0 Å². The van der Waals surface area contributed by atoms with Crippen LogP contribution >= 0.6 is 0 Å². The molecule has 2 rings (SSSR count). The molecule has 0 amide bonds. The molecule has 92 valence electrons. The van der Waals surface area contributed by atoms with E-state index in [1.165, 1.54) is 0 Å². The highest BCUT2D eigenvalue weighted by Crippen LogP contribution is 2.18. The van der Waals surface area contributed by atoms with Gasteiger partial charge < -0.3 is 20.2 Å². The number of H-pyrrole nitrogens is 1. The highest BCUT2D eigenvalue weighted by atomic mass is 16.5. The Kier molecular flexibility index (Phi) is 3.55. The molecule has 2 aromatic rings. The van der Waals surface area contributed by atoms with Gasteiger partial charge in [-0.25, -0.2) is 4.98 Å². The summed E-state index contributed by atoms with van der Waals surface area (Å²) >= 11 is 0. The minimum Gasteiger partial charge on any atom is -0.478 e. The molecule has 6 nitrogen and oxygen atoms in total. The maximum atomic E-state index is 5.58. The number of fused-ring (bicyclic) bond motifs is 1. The molecule has 0 saturated carbocycles. The molecule has 0 radical (unpaired) electrons. The van der Waals surface area contributed by atoms with Gasteiger partial charge in [-0.3, -0.25) is 0 Å². The molecular formula is C11H16N4O2. The van der Waals surface area contributed by atoms with E-state index in [-0.39, 0.29) is 6.10 Å². The van der Waals surface area contributed by atoms with Gasteiger partial charge in [-0.2, -0.15) is 4.98 Å². The van der Waals surface area contributed by atoms with Crippen molar-refractivity contribution in [1.29, 1.82) is 0 Å². The van der Waals surface area contributed by atoms with Crippen LogP contribution in [0.2, 0.25) is 0 Å². The van der Waals surface area contributed by atoms with Crippen LogP contribution in [0.5, 0.6) is 5.88 Å². The number of aromatic amines is 1. The number of nitrogens with one attached hydrogen (secondary N) is 1. The number of aromatic nitrogens is 3. The Balaban J connectivity index is 2.36. The van der Waals surface area contributed by atoms with Crippen LogP contribution in [-0.4, -0.2) is 35.2 Å². The van der Waals surface area contributed by atoms with Gasteiger partial charge in [0.15, 0.2) is 5.65 Å². The third-order valence-electron chi connectivity index (χ3n) is 2.43. The first-order chi connectivity index (χ1) is 8.28. The van der Waals surface area contributed by atoms with Gasteiger partial charge in [0.1, 0.15) is 11.9 Å². The Morgan fingerprint density at radius 2 is 2.24 bits per heavy atom. The molecule has 0 spiro atoms. The fourth-order valence-electron chi connectivity index (χ4n) is 1.59. The smallest absolute Gasteiger partial charge is 0.215 e. The normalized spacial score (nSPS) is 12.9. The van der Waals surface area contributed by atoms with Gasteiger partial charge in [0.05, 0.1) is 12.1 Å². The van der Waals surface area contributed by atoms with Gasteiger partial charge in [-0.05, 0) is 13.0 Å². The second-order valence-corrected chi connectivity index (χ2v) is 3.54. The highest BCUT2D eigenvalue weighted by molar-refractivity contribution is 5.71. The maximum absolute atomic E-state index is 5.58. The minimum absolute atomic E-state index is 0.236. The SMILES string of the molecule is CCOc1ccc2[nH]c(C(CN)OC)nc2n1. The lowest BCUT2D eigenvalue weighted by molar-refractivity contribution is 0.104. The lowest BCUT2D eigenvalue weighted by atomic mass is 10.3. The second kappa shape index (κ2) is 5.11. The van der Waals surface area contributed by atoms with Crippen LogP contribution in [0.3, 0.4) is 0 Å². The van der Waals surface area contributed by atoms with Gasteiger partial charge in [0.2, 0.25) is 5.88 Å². The number of pyridine rings is 1. The van der Waals surface area contributed by atoms with Gasteiger partial charge in [-0.15, -0.1) is 0 Å². The average molecular weight is 236 g/mol. The summed E-state index contributed by atoms with van der Waals surface area (Å²) in [4.78, 5) is 11.8. The first-order valence-corrected chi connectivity index (χ1v) is 5.50. The van der Waals surface area contributed by atoms with Crippen LogP contribution < -0.4 is 10.5 Å². The summed E-state index contributed by atoms with van der Waals surface area (Å²) in [6, 6.07) is 3.69. The van der Waals surface area contributed by atoms with Crippen LogP contribution in [-0.2, 0) is 4.74 Å². The summed E-state index contributed by atoms with van der Waals surface area (Å²) in [6.07, 6.45) is -0.236. The van der Waals surface area contributed by atoms with E-state index < -0.39 is 0 Å². The molecule has 17 heavy (non-hydrogen) atoms. The van der Waals surface area contributed by atoms with E-state index in [9.17, 15) is 0 Å².